The van der Waals surface area contributed by atoms with Crippen molar-refractivity contribution < 1.29 is 19.1 Å². The summed E-state index contributed by atoms with van der Waals surface area (Å²) in [6, 6.07) is 6.51. The second kappa shape index (κ2) is 6.01. The number of alkyl halides is 1. The molecule has 0 atom stereocenters. The van der Waals surface area contributed by atoms with Crippen LogP contribution in [0.15, 0.2) is 35.6 Å². The molecule has 20 heavy (non-hydrogen) atoms. The molecular weight excluding hydrogens is 280 g/mol. The van der Waals surface area contributed by atoms with Crippen molar-refractivity contribution in [3.63, 3.8) is 0 Å². The maximum absolute atomic E-state index is 12.4. The summed E-state index contributed by atoms with van der Waals surface area (Å²) in [5, 5.41) is 0. The first kappa shape index (κ1) is 14.5. The van der Waals surface area contributed by atoms with Gasteiger partial charge in [0.15, 0.2) is 11.5 Å². The van der Waals surface area contributed by atoms with Gasteiger partial charge in [-0.25, -0.2) is 0 Å². The number of fused-ring (bicyclic) bond motifs is 1. The zero-order valence-corrected chi connectivity index (χ0v) is 11.7. The Morgan fingerprint density at radius 1 is 1.15 bits per heavy atom. The maximum atomic E-state index is 12.4. The normalized spacial score (nSPS) is 14.3. The number of carbonyl (C=O) groups is 3. The topological polar surface area (TPSA) is 60.4 Å². The zero-order valence-electron chi connectivity index (χ0n) is 10.9. The molecule has 0 aromatic heterocycles. The first-order valence-corrected chi connectivity index (χ1v) is 6.75. The minimum atomic E-state index is -0.621. The van der Waals surface area contributed by atoms with Gasteiger partial charge in [-0.1, -0.05) is 24.3 Å². The van der Waals surface area contributed by atoms with Gasteiger partial charge in [-0.15, -0.1) is 11.6 Å². The summed E-state index contributed by atoms with van der Waals surface area (Å²) in [7, 11) is 0. The fraction of sp³-hybridized carbons (Fsp3) is 0.267. The fourth-order valence-corrected chi connectivity index (χ4v) is 2.26. The molecule has 2 rings (SSSR count). The SMILES string of the molecule is CC(=O)OC1=C(CCCCl)C(=O)c2ccccc2C1=O. The van der Waals surface area contributed by atoms with Gasteiger partial charge < -0.3 is 4.74 Å². The summed E-state index contributed by atoms with van der Waals surface area (Å²) >= 11 is 5.63. The number of halogens is 1. The second-order valence-electron chi connectivity index (χ2n) is 4.40. The maximum Gasteiger partial charge on any atom is 0.308 e. The number of rotatable bonds is 4. The van der Waals surface area contributed by atoms with E-state index in [0.717, 1.165) is 0 Å². The van der Waals surface area contributed by atoms with Crippen molar-refractivity contribution in [1.29, 1.82) is 0 Å². The molecule has 1 aromatic rings. The lowest BCUT2D eigenvalue weighted by molar-refractivity contribution is -0.136. The van der Waals surface area contributed by atoms with E-state index in [1.54, 1.807) is 24.3 Å². The molecule has 0 heterocycles. The van der Waals surface area contributed by atoms with Gasteiger partial charge >= 0.3 is 5.97 Å². The molecule has 0 saturated heterocycles. The van der Waals surface area contributed by atoms with E-state index in [2.05, 4.69) is 0 Å². The smallest absolute Gasteiger partial charge is 0.308 e. The Bertz CT molecular complexity index is 616. The number of allylic oxidation sites excluding steroid dienone is 2. The van der Waals surface area contributed by atoms with Gasteiger partial charge in [0, 0.05) is 29.5 Å². The van der Waals surface area contributed by atoms with Crippen LogP contribution < -0.4 is 0 Å². The van der Waals surface area contributed by atoms with E-state index in [1.165, 1.54) is 6.92 Å². The molecule has 0 N–H and O–H groups in total. The second-order valence-corrected chi connectivity index (χ2v) is 4.78. The Hall–Kier alpha value is -1.94. The molecule has 0 radical (unpaired) electrons. The van der Waals surface area contributed by atoms with Crippen LogP contribution in [0, 0.1) is 0 Å². The van der Waals surface area contributed by atoms with Crippen molar-refractivity contribution in [1.82, 2.24) is 0 Å². The molecule has 0 unspecified atom stereocenters. The van der Waals surface area contributed by atoms with E-state index < -0.39 is 11.8 Å². The highest BCUT2D eigenvalue weighted by atomic mass is 35.5. The predicted molar refractivity (Wildman–Crippen MR) is 73.8 cm³/mol. The van der Waals surface area contributed by atoms with Crippen LogP contribution in [0.4, 0.5) is 0 Å². The Morgan fingerprint density at radius 2 is 1.75 bits per heavy atom. The van der Waals surface area contributed by atoms with Gasteiger partial charge in [0.05, 0.1) is 0 Å². The molecule has 5 heteroatoms. The predicted octanol–water partition coefficient (Wildman–Crippen LogP) is 2.90. The lowest BCUT2D eigenvalue weighted by Crippen LogP contribution is -2.24. The molecule has 1 aliphatic carbocycles. The van der Waals surface area contributed by atoms with E-state index in [4.69, 9.17) is 16.3 Å². The first-order valence-electron chi connectivity index (χ1n) is 6.22. The Kier molecular flexibility index (Phi) is 4.35. The third-order valence-corrected chi connectivity index (χ3v) is 3.24. The van der Waals surface area contributed by atoms with Crippen molar-refractivity contribution in [3.05, 3.63) is 46.7 Å². The summed E-state index contributed by atoms with van der Waals surface area (Å²) in [4.78, 5) is 35.9. The van der Waals surface area contributed by atoms with Crippen LogP contribution in [0.5, 0.6) is 0 Å². The number of ether oxygens (including phenoxy) is 1. The lowest BCUT2D eigenvalue weighted by atomic mass is 9.86. The molecule has 1 aliphatic rings. The summed E-state index contributed by atoms with van der Waals surface area (Å²) in [5.74, 6) is -1.13. The van der Waals surface area contributed by atoms with Crippen LogP contribution in [0.2, 0.25) is 0 Å². The molecule has 0 fully saturated rings. The largest absolute Gasteiger partial charge is 0.422 e. The number of ketones is 2. The van der Waals surface area contributed by atoms with Gasteiger partial charge in [0.2, 0.25) is 5.78 Å². The van der Waals surface area contributed by atoms with Gasteiger partial charge in [-0.2, -0.15) is 0 Å². The molecule has 0 aliphatic heterocycles. The average molecular weight is 293 g/mol. The van der Waals surface area contributed by atoms with Crippen LogP contribution in [0.1, 0.15) is 40.5 Å². The Labute approximate surface area is 121 Å². The Balaban J connectivity index is 2.52. The van der Waals surface area contributed by atoms with Gasteiger partial charge in [-0.05, 0) is 12.8 Å². The van der Waals surface area contributed by atoms with Gasteiger partial charge in [0.25, 0.3) is 0 Å². The monoisotopic (exact) mass is 292 g/mol. The highest BCUT2D eigenvalue weighted by Gasteiger charge is 2.33. The van der Waals surface area contributed by atoms with Crippen LogP contribution in [-0.2, 0) is 9.53 Å². The number of hydrogen-bond acceptors (Lipinski definition) is 4. The van der Waals surface area contributed by atoms with E-state index in [9.17, 15) is 14.4 Å². The quantitative estimate of drug-likeness (QED) is 0.632. The van der Waals surface area contributed by atoms with Crippen molar-refractivity contribution in [2.24, 2.45) is 0 Å². The van der Waals surface area contributed by atoms with Gasteiger partial charge in [-0.3, -0.25) is 14.4 Å². The van der Waals surface area contributed by atoms with E-state index in [1.807, 2.05) is 0 Å². The van der Waals surface area contributed by atoms with E-state index in [0.29, 0.717) is 24.3 Å². The number of esters is 1. The van der Waals surface area contributed by atoms with Crippen LogP contribution in [0.25, 0.3) is 0 Å². The number of hydrogen-bond donors (Lipinski definition) is 0. The van der Waals surface area contributed by atoms with E-state index in [-0.39, 0.29) is 22.7 Å². The summed E-state index contributed by atoms with van der Waals surface area (Å²) < 4.78 is 4.97. The number of benzene rings is 1. The minimum absolute atomic E-state index is 0.161. The zero-order chi connectivity index (χ0) is 14.7. The first-order chi connectivity index (χ1) is 9.56. The molecule has 0 spiro atoms. The van der Waals surface area contributed by atoms with Crippen molar-refractivity contribution in [3.8, 4) is 0 Å². The molecule has 1 aromatic carbocycles. The van der Waals surface area contributed by atoms with Crippen LogP contribution in [0.3, 0.4) is 0 Å². The van der Waals surface area contributed by atoms with Crippen molar-refractivity contribution in [2.45, 2.75) is 19.8 Å². The minimum Gasteiger partial charge on any atom is -0.422 e. The van der Waals surface area contributed by atoms with Crippen LogP contribution >= 0.6 is 11.6 Å². The number of Topliss-reactive ketones (excluding diaryl/α,β-unsaturated/α-hetero) is 2. The summed E-state index contributed by atoms with van der Waals surface area (Å²) in [5.41, 5.74) is 0.839. The third kappa shape index (κ3) is 2.65. The molecule has 0 bridgehead atoms. The number of carbonyl (C=O) groups excluding carboxylic acids is 3. The summed E-state index contributed by atoms with van der Waals surface area (Å²) in [6.07, 6.45) is 0.841. The van der Waals surface area contributed by atoms with Gasteiger partial charge in [0.1, 0.15) is 0 Å². The molecule has 0 amide bonds. The average Bonchev–Trinajstić information content (AvgIpc) is 2.44. The standard InChI is InChI=1S/C15H13ClO4/c1-9(17)20-15-12(7-4-8-16)13(18)10-5-2-3-6-11(10)14(15)19/h2-3,5-6H,4,7-8H2,1H3. The molecule has 4 nitrogen and oxygen atoms in total. The highest BCUT2D eigenvalue weighted by molar-refractivity contribution is 6.26. The van der Waals surface area contributed by atoms with Crippen molar-refractivity contribution in [2.75, 3.05) is 5.88 Å². The molecular formula is C15H13ClO4. The molecule has 0 saturated carbocycles. The fourth-order valence-electron chi connectivity index (χ4n) is 2.13. The Morgan fingerprint density at radius 3 is 2.30 bits per heavy atom. The van der Waals surface area contributed by atoms with E-state index >= 15 is 0 Å². The molecule has 104 valence electrons. The third-order valence-electron chi connectivity index (χ3n) is 2.98. The lowest BCUT2D eigenvalue weighted by Gasteiger charge is -2.19. The highest BCUT2D eigenvalue weighted by Crippen LogP contribution is 2.29. The van der Waals surface area contributed by atoms with Crippen LogP contribution in [-0.4, -0.2) is 23.4 Å². The van der Waals surface area contributed by atoms with Crippen molar-refractivity contribution >= 4 is 29.1 Å². The summed E-state index contributed by atoms with van der Waals surface area (Å²) in [6.45, 7) is 1.20.